The molecule has 0 saturated carbocycles. The summed E-state index contributed by atoms with van der Waals surface area (Å²) in [6, 6.07) is 16.4. The quantitative estimate of drug-likeness (QED) is 0.745. The van der Waals surface area contributed by atoms with Crippen LogP contribution in [0.4, 0.5) is 0 Å². The van der Waals surface area contributed by atoms with Gasteiger partial charge in [0.1, 0.15) is 0 Å². The molecule has 1 N–H and O–H groups in total. The van der Waals surface area contributed by atoms with Gasteiger partial charge in [-0.3, -0.25) is 4.79 Å². The van der Waals surface area contributed by atoms with Gasteiger partial charge in [0.25, 0.3) is 0 Å². The zero-order chi connectivity index (χ0) is 18.4. The van der Waals surface area contributed by atoms with Crippen molar-refractivity contribution in [2.75, 3.05) is 6.26 Å². The van der Waals surface area contributed by atoms with Gasteiger partial charge in [0.05, 0.1) is 16.2 Å². The molecular formula is C19H23NO3S2. The van der Waals surface area contributed by atoms with Gasteiger partial charge in [-0.05, 0) is 43.2 Å². The highest BCUT2D eigenvalue weighted by molar-refractivity contribution is 8.00. The minimum absolute atomic E-state index is 0.0344. The molecule has 0 saturated heterocycles. The molecule has 0 aliphatic carbocycles. The number of nitrogens with one attached hydrogen (secondary N) is 1. The Balaban J connectivity index is 2.04. The largest absolute Gasteiger partial charge is 0.348 e. The number of hydrogen-bond acceptors (Lipinski definition) is 4. The summed E-state index contributed by atoms with van der Waals surface area (Å²) in [5, 5.41) is 2.84. The summed E-state index contributed by atoms with van der Waals surface area (Å²) in [6.07, 6.45) is 1.91. The van der Waals surface area contributed by atoms with Gasteiger partial charge in [-0.25, -0.2) is 8.42 Å². The Kier molecular flexibility index (Phi) is 6.67. The van der Waals surface area contributed by atoms with E-state index in [0.29, 0.717) is 0 Å². The maximum absolute atomic E-state index is 12.5. The fraction of sp³-hybridized carbons (Fsp3) is 0.316. The van der Waals surface area contributed by atoms with E-state index in [1.807, 2.05) is 44.2 Å². The van der Waals surface area contributed by atoms with Gasteiger partial charge < -0.3 is 5.32 Å². The van der Waals surface area contributed by atoms with E-state index in [1.165, 1.54) is 18.0 Å². The summed E-state index contributed by atoms with van der Waals surface area (Å²) < 4.78 is 23.1. The molecule has 0 radical (unpaired) electrons. The summed E-state index contributed by atoms with van der Waals surface area (Å²) in [5.41, 5.74) is 0.903. The monoisotopic (exact) mass is 377 g/mol. The van der Waals surface area contributed by atoms with E-state index in [-0.39, 0.29) is 22.1 Å². The topological polar surface area (TPSA) is 63.2 Å². The van der Waals surface area contributed by atoms with Crippen molar-refractivity contribution in [2.24, 2.45) is 0 Å². The van der Waals surface area contributed by atoms with Gasteiger partial charge in [-0.1, -0.05) is 37.3 Å². The first-order valence-corrected chi connectivity index (χ1v) is 10.9. The third-order valence-electron chi connectivity index (χ3n) is 3.86. The van der Waals surface area contributed by atoms with Gasteiger partial charge in [0.2, 0.25) is 5.91 Å². The standard InChI is InChI=1S/C19H23NO3S2/c1-4-18(15-10-12-17(13-11-15)25(3,22)23)20-19(21)14(2)24-16-8-6-5-7-9-16/h5-14,18H,4H2,1-3H3,(H,20,21)/t14-,18-/m1/s1. The van der Waals surface area contributed by atoms with Crippen molar-refractivity contribution in [3.05, 3.63) is 60.2 Å². The second-order valence-corrected chi connectivity index (χ2v) is 9.31. The molecular weight excluding hydrogens is 354 g/mol. The van der Waals surface area contributed by atoms with Crippen LogP contribution in [0.1, 0.15) is 31.9 Å². The minimum atomic E-state index is -3.21. The lowest BCUT2D eigenvalue weighted by atomic mass is 10.0. The molecule has 2 aromatic carbocycles. The Morgan fingerprint density at radius 2 is 1.68 bits per heavy atom. The molecule has 0 aliphatic heterocycles. The lowest BCUT2D eigenvalue weighted by Gasteiger charge is -2.20. The fourth-order valence-corrected chi connectivity index (χ4v) is 3.94. The molecule has 0 aliphatic rings. The summed E-state index contributed by atoms with van der Waals surface area (Å²) >= 11 is 1.51. The van der Waals surface area contributed by atoms with Crippen LogP contribution in [0.15, 0.2) is 64.4 Å². The number of carbonyl (C=O) groups excluding carboxylic acids is 1. The molecule has 0 spiro atoms. The van der Waals surface area contributed by atoms with E-state index >= 15 is 0 Å². The molecule has 2 aromatic rings. The minimum Gasteiger partial charge on any atom is -0.348 e. The molecule has 0 fully saturated rings. The average molecular weight is 378 g/mol. The molecule has 1 amide bonds. The number of rotatable bonds is 7. The van der Waals surface area contributed by atoms with Crippen molar-refractivity contribution in [1.82, 2.24) is 5.32 Å². The van der Waals surface area contributed by atoms with Crippen molar-refractivity contribution < 1.29 is 13.2 Å². The van der Waals surface area contributed by atoms with Crippen molar-refractivity contribution in [2.45, 2.75) is 41.4 Å². The van der Waals surface area contributed by atoms with Gasteiger partial charge in [0.15, 0.2) is 9.84 Å². The Morgan fingerprint density at radius 1 is 1.08 bits per heavy atom. The van der Waals surface area contributed by atoms with Crippen LogP contribution in [0.3, 0.4) is 0 Å². The number of thioether (sulfide) groups is 1. The van der Waals surface area contributed by atoms with Crippen molar-refractivity contribution in [3.63, 3.8) is 0 Å². The van der Waals surface area contributed by atoms with Gasteiger partial charge in [-0.2, -0.15) is 0 Å². The maximum Gasteiger partial charge on any atom is 0.233 e. The normalized spacial score (nSPS) is 13.9. The first kappa shape index (κ1) is 19.5. The predicted octanol–water partition coefficient (Wildman–Crippen LogP) is 3.84. The highest BCUT2D eigenvalue weighted by Crippen LogP contribution is 2.24. The smallest absolute Gasteiger partial charge is 0.233 e. The Labute approximate surface area is 154 Å². The van der Waals surface area contributed by atoms with Crippen molar-refractivity contribution in [1.29, 1.82) is 0 Å². The van der Waals surface area contributed by atoms with Crippen LogP contribution in [0.2, 0.25) is 0 Å². The van der Waals surface area contributed by atoms with Crippen molar-refractivity contribution >= 4 is 27.5 Å². The summed E-state index contributed by atoms with van der Waals surface area (Å²) in [6.45, 7) is 3.87. The van der Waals surface area contributed by atoms with Crippen LogP contribution in [0, 0.1) is 0 Å². The van der Waals surface area contributed by atoms with Crippen LogP contribution in [-0.2, 0) is 14.6 Å². The SMILES string of the molecule is CC[C@@H](NC(=O)[C@@H](C)Sc1ccccc1)c1ccc(S(C)(=O)=O)cc1. The number of hydrogen-bond donors (Lipinski definition) is 1. The van der Waals surface area contributed by atoms with Gasteiger partial charge in [-0.15, -0.1) is 11.8 Å². The first-order valence-electron chi connectivity index (χ1n) is 8.13. The molecule has 2 rings (SSSR count). The van der Waals surface area contributed by atoms with Crippen LogP contribution in [0.25, 0.3) is 0 Å². The third-order valence-corrected chi connectivity index (χ3v) is 6.10. The van der Waals surface area contributed by atoms with E-state index in [9.17, 15) is 13.2 Å². The average Bonchev–Trinajstić information content (AvgIpc) is 2.59. The molecule has 2 atom stereocenters. The maximum atomic E-state index is 12.5. The fourth-order valence-electron chi connectivity index (χ4n) is 2.41. The van der Waals surface area contributed by atoms with Crippen LogP contribution >= 0.6 is 11.8 Å². The first-order chi connectivity index (χ1) is 11.8. The number of benzene rings is 2. The van der Waals surface area contributed by atoms with E-state index in [2.05, 4.69) is 5.32 Å². The lowest BCUT2D eigenvalue weighted by Crippen LogP contribution is -2.34. The second-order valence-electron chi connectivity index (χ2n) is 5.88. The molecule has 0 unspecified atom stereocenters. The number of sulfone groups is 1. The molecule has 4 nitrogen and oxygen atoms in total. The Bertz CT molecular complexity index is 802. The highest BCUT2D eigenvalue weighted by atomic mass is 32.2. The van der Waals surface area contributed by atoms with E-state index < -0.39 is 9.84 Å². The highest BCUT2D eigenvalue weighted by Gasteiger charge is 2.19. The van der Waals surface area contributed by atoms with Crippen LogP contribution in [0.5, 0.6) is 0 Å². The van der Waals surface area contributed by atoms with Gasteiger partial charge in [0, 0.05) is 11.2 Å². The Hall–Kier alpha value is -1.79. The molecule has 25 heavy (non-hydrogen) atoms. The predicted molar refractivity (Wildman–Crippen MR) is 102 cm³/mol. The summed E-state index contributed by atoms with van der Waals surface area (Å²) in [7, 11) is -3.21. The molecule has 6 heteroatoms. The lowest BCUT2D eigenvalue weighted by molar-refractivity contribution is -0.121. The molecule has 0 bridgehead atoms. The molecule has 0 heterocycles. The van der Waals surface area contributed by atoms with E-state index in [4.69, 9.17) is 0 Å². The summed E-state index contributed by atoms with van der Waals surface area (Å²) in [5.74, 6) is -0.0344. The Morgan fingerprint density at radius 3 is 2.20 bits per heavy atom. The molecule has 134 valence electrons. The second kappa shape index (κ2) is 8.54. The third kappa shape index (κ3) is 5.61. The van der Waals surface area contributed by atoms with E-state index in [1.54, 1.807) is 24.3 Å². The van der Waals surface area contributed by atoms with Gasteiger partial charge >= 0.3 is 0 Å². The summed E-state index contributed by atoms with van der Waals surface area (Å²) in [4.78, 5) is 13.8. The van der Waals surface area contributed by atoms with Crippen LogP contribution < -0.4 is 5.32 Å². The zero-order valence-electron chi connectivity index (χ0n) is 14.6. The molecule has 0 aromatic heterocycles. The van der Waals surface area contributed by atoms with E-state index in [0.717, 1.165) is 16.9 Å². The number of carbonyl (C=O) groups is 1. The van der Waals surface area contributed by atoms with Crippen LogP contribution in [-0.4, -0.2) is 25.8 Å². The van der Waals surface area contributed by atoms with Crippen molar-refractivity contribution in [3.8, 4) is 0 Å². The number of amides is 1. The zero-order valence-corrected chi connectivity index (χ0v) is 16.2.